The van der Waals surface area contributed by atoms with Gasteiger partial charge in [0.25, 0.3) is 0 Å². The van der Waals surface area contributed by atoms with Gasteiger partial charge < -0.3 is 5.11 Å². The van der Waals surface area contributed by atoms with Gasteiger partial charge in [0.15, 0.2) is 0 Å². The van der Waals surface area contributed by atoms with Gasteiger partial charge >= 0.3 is 0 Å². The summed E-state index contributed by atoms with van der Waals surface area (Å²) in [6, 6.07) is 9.36. The first kappa shape index (κ1) is 16.2. The van der Waals surface area contributed by atoms with Gasteiger partial charge in [0.05, 0.1) is 11.5 Å². The van der Waals surface area contributed by atoms with Crippen LogP contribution in [0, 0.1) is 13.8 Å². The Morgan fingerprint density at radius 2 is 1.81 bits per heavy atom. The quantitative estimate of drug-likeness (QED) is 0.919. The van der Waals surface area contributed by atoms with Crippen molar-refractivity contribution in [2.24, 2.45) is 0 Å². The van der Waals surface area contributed by atoms with E-state index in [0.717, 1.165) is 11.1 Å². The zero-order chi connectivity index (χ0) is 15.6. The molecule has 0 spiro atoms. The van der Waals surface area contributed by atoms with Gasteiger partial charge in [-0.1, -0.05) is 29.8 Å². The molecule has 1 heterocycles. The first-order valence-corrected chi connectivity index (χ1v) is 8.82. The number of aliphatic hydroxyl groups excluding tert-OH is 1. The average Bonchev–Trinajstić information content (AvgIpc) is 2.83. The molecule has 1 N–H and O–H groups in total. The zero-order valence-electron chi connectivity index (χ0n) is 12.3. The lowest BCUT2D eigenvalue weighted by Gasteiger charge is -2.17. The third-order valence-electron chi connectivity index (χ3n) is 3.29. The number of hydrogen-bond donors (Lipinski definition) is 1. The molecule has 0 radical (unpaired) electrons. The third kappa shape index (κ3) is 3.52. The van der Waals surface area contributed by atoms with E-state index in [-0.39, 0.29) is 11.5 Å². The zero-order valence-corrected chi connectivity index (χ0v) is 14.0. The number of thiophene rings is 1. The monoisotopic (exact) mass is 325 g/mol. The largest absolute Gasteiger partial charge is 0.391 e. The highest BCUT2D eigenvalue weighted by atomic mass is 32.2. The molecule has 1 aromatic carbocycles. The van der Waals surface area contributed by atoms with Crippen molar-refractivity contribution in [3.8, 4) is 0 Å². The molecule has 0 bridgehead atoms. The number of nitrogens with zero attached hydrogens (tertiary/aromatic N) is 1. The second-order valence-electron chi connectivity index (χ2n) is 5.04. The van der Waals surface area contributed by atoms with E-state index in [0.29, 0.717) is 16.3 Å². The van der Waals surface area contributed by atoms with Crippen LogP contribution in [0.2, 0.25) is 0 Å². The van der Waals surface area contributed by atoms with Crippen LogP contribution in [-0.2, 0) is 23.2 Å². The Hall–Kier alpha value is -1.21. The predicted octanol–water partition coefficient (Wildman–Crippen LogP) is 2.68. The predicted molar refractivity (Wildman–Crippen MR) is 84.8 cm³/mol. The fourth-order valence-corrected chi connectivity index (χ4v) is 4.68. The summed E-state index contributed by atoms with van der Waals surface area (Å²) in [5, 5.41) is 9.14. The van der Waals surface area contributed by atoms with Gasteiger partial charge in [-0.25, -0.2) is 8.42 Å². The summed E-state index contributed by atoms with van der Waals surface area (Å²) < 4.78 is 26.6. The number of sulfonamides is 1. The van der Waals surface area contributed by atoms with Crippen LogP contribution in [0.1, 0.15) is 20.9 Å². The molecule has 2 rings (SSSR count). The summed E-state index contributed by atoms with van der Waals surface area (Å²) in [5.74, 6) is 0. The summed E-state index contributed by atoms with van der Waals surface area (Å²) in [5.41, 5.74) is 2.09. The van der Waals surface area contributed by atoms with Crippen LogP contribution < -0.4 is 0 Å². The molecule has 0 aliphatic rings. The van der Waals surface area contributed by atoms with E-state index in [1.807, 2.05) is 31.2 Å². The van der Waals surface area contributed by atoms with Crippen LogP contribution in [0.25, 0.3) is 0 Å². The SMILES string of the molecule is Cc1ccc(CN(C)S(=O)(=O)c2cc(CO)sc2C)cc1. The Bertz CT molecular complexity index is 718. The van der Waals surface area contributed by atoms with Crippen molar-refractivity contribution in [2.45, 2.75) is 31.9 Å². The smallest absolute Gasteiger partial charge is 0.244 e. The number of benzene rings is 1. The summed E-state index contributed by atoms with van der Waals surface area (Å²) in [6.45, 7) is 3.95. The summed E-state index contributed by atoms with van der Waals surface area (Å²) in [7, 11) is -1.96. The molecule has 0 saturated heterocycles. The summed E-state index contributed by atoms with van der Waals surface area (Å²) in [4.78, 5) is 1.65. The maximum atomic E-state index is 12.6. The van der Waals surface area contributed by atoms with Crippen molar-refractivity contribution in [2.75, 3.05) is 7.05 Å². The van der Waals surface area contributed by atoms with E-state index < -0.39 is 10.0 Å². The van der Waals surface area contributed by atoms with E-state index in [9.17, 15) is 8.42 Å². The lowest BCUT2D eigenvalue weighted by molar-refractivity contribution is 0.285. The highest BCUT2D eigenvalue weighted by Gasteiger charge is 2.24. The van der Waals surface area contributed by atoms with Crippen LogP contribution >= 0.6 is 11.3 Å². The average molecular weight is 325 g/mol. The van der Waals surface area contributed by atoms with Crippen molar-refractivity contribution in [3.63, 3.8) is 0 Å². The molecule has 0 aliphatic carbocycles. The maximum absolute atomic E-state index is 12.6. The first-order chi connectivity index (χ1) is 9.84. The number of aryl methyl sites for hydroxylation is 2. The highest BCUT2D eigenvalue weighted by Crippen LogP contribution is 2.28. The van der Waals surface area contributed by atoms with E-state index >= 15 is 0 Å². The molecule has 114 valence electrons. The standard InChI is InChI=1S/C15H19NO3S2/c1-11-4-6-13(7-5-11)9-16(3)21(18,19)15-8-14(10-17)20-12(15)2/h4-8,17H,9-10H2,1-3H3. The molecule has 0 fully saturated rings. The summed E-state index contributed by atoms with van der Waals surface area (Å²) >= 11 is 1.31. The minimum Gasteiger partial charge on any atom is -0.391 e. The van der Waals surface area contributed by atoms with Crippen molar-refractivity contribution in [1.82, 2.24) is 4.31 Å². The molecule has 6 heteroatoms. The van der Waals surface area contributed by atoms with Crippen molar-refractivity contribution in [3.05, 3.63) is 51.2 Å². The van der Waals surface area contributed by atoms with Crippen molar-refractivity contribution >= 4 is 21.4 Å². The topological polar surface area (TPSA) is 57.6 Å². The van der Waals surface area contributed by atoms with Gasteiger partial charge in [-0.05, 0) is 25.5 Å². The van der Waals surface area contributed by atoms with Gasteiger partial charge in [-0.3, -0.25) is 0 Å². The molecular weight excluding hydrogens is 306 g/mol. The van der Waals surface area contributed by atoms with Crippen LogP contribution in [0.4, 0.5) is 0 Å². The Morgan fingerprint density at radius 3 is 2.33 bits per heavy atom. The Balaban J connectivity index is 2.25. The molecule has 2 aromatic rings. The van der Waals surface area contributed by atoms with E-state index in [2.05, 4.69) is 0 Å². The third-order valence-corrected chi connectivity index (χ3v) is 6.39. The fraction of sp³-hybridized carbons (Fsp3) is 0.333. The van der Waals surface area contributed by atoms with Gasteiger partial charge in [-0.2, -0.15) is 4.31 Å². The molecule has 0 unspecified atom stereocenters. The molecule has 1 aromatic heterocycles. The van der Waals surface area contributed by atoms with Gasteiger partial charge in [0, 0.05) is 23.3 Å². The second kappa shape index (κ2) is 6.27. The van der Waals surface area contributed by atoms with Crippen molar-refractivity contribution < 1.29 is 13.5 Å². The molecule has 0 amide bonds. The van der Waals surface area contributed by atoms with Gasteiger partial charge in [0.1, 0.15) is 0 Å². The molecule has 0 saturated carbocycles. The van der Waals surface area contributed by atoms with Crippen LogP contribution in [0.3, 0.4) is 0 Å². The second-order valence-corrected chi connectivity index (χ2v) is 8.39. The minimum absolute atomic E-state index is 0.136. The highest BCUT2D eigenvalue weighted by molar-refractivity contribution is 7.89. The lowest BCUT2D eigenvalue weighted by atomic mass is 10.1. The molecule has 0 aliphatic heterocycles. The normalized spacial score (nSPS) is 12.0. The number of aliphatic hydroxyl groups is 1. The molecular formula is C15H19NO3S2. The number of hydrogen-bond acceptors (Lipinski definition) is 4. The number of rotatable bonds is 5. The van der Waals surface area contributed by atoms with Crippen LogP contribution in [-0.4, -0.2) is 24.9 Å². The van der Waals surface area contributed by atoms with Crippen LogP contribution in [0.5, 0.6) is 0 Å². The molecule has 0 atom stereocenters. The van der Waals surface area contributed by atoms with Gasteiger partial charge in [-0.15, -0.1) is 11.3 Å². The lowest BCUT2D eigenvalue weighted by Crippen LogP contribution is -2.26. The van der Waals surface area contributed by atoms with E-state index in [1.165, 1.54) is 15.6 Å². The minimum atomic E-state index is -3.53. The van der Waals surface area contributed by atoms with E-state index in [1.54, 1.807) is 20.0 Å². The maximum Gasteiger partial charge on any atom is 0.244 e. The Labute approximate surface area is 129 Å². The van der Waals surface area contributed by atoms with Gasteiger partial charge in [0.2, 0.25) is 10.0 Å². The summed E-state index contributed by atoms with van der Waals surface area (Å²) in [6.07, 6.45) is 0. The molecule has 21 heavy (non-hydrogen) atoms. The Morgan fingerprint density at radius 1 is 1.19 bits per heavy atom. The van der Waals surface area contributed by atoms with Crippen LogP contribution in [0.15, 0.2) is 35.2 Å². The first-order valence-electron chi connectivity index (χ1n) is 6.56. The Kier molecular flexibility index (Phi) is 4.83. The molecule has 4 nitrogen and oxygen atoms in total. The fourth-order valence-electron chi connectivity index (χ4n) is 2.06. The van der Waals surface area contributed by atoms with E-state index in [4.69, 9.17) is 5.11 Å². The van der Waals surface area contributed by atoms with Crippen molar-refractivity contribution in [1.29, 1.82) is 0 Å².